The van der Waals surface area contributed by atoms with Gasteiger partial charge in [-0.05, 0) is 70.0 Å². The molecule has 0 spiro atoms. The highest BCUT2D eigenvalue weighted by Gasteiger charge is 2.55. The number of carbonyl (C=O) groups is 2. The minimum atomic E-state index is -4.90. The van der Waals surface area contributed by atoms with E-state index < -0.39 is 48.0 Å². The predicted molar refractivity (Wildman–Crippen MR) is 109 cm³/mol. The molecular formula is C22H27BF3NO4. The summed E-state index contributed by atoms with van der Waals surface area (Å²) in [6, 6.07) is 5.58. The van der Waals surface area contributed by atoms with Crippen LogP contribution in [0.25, 0.3) is 0 Å². The lowest BCUT2D eigenvalue weighted by atomic mass is 9.78. The van der Waals surface area contributed by atoms with Crippen molar-refractivity contribution in [3.8, 4) is 0 Å². The van der Waals surface area contributed by atoms with Gasteiger partial charge >= 0.3 is 13.3 Å². The van der Waals surface area contributed by atoms with E-state index in [1.54, 1.807) is 0 Å². The first-order chi connectivity index (χ1) is 14.2. The van der Waals surface area contributed by atoms with E-state index in [9.17, 15) is 22.8 Å². The van der Waals surface area contributed by atoms with E-state index >= 15 is 0 Å². The molecule has 9 heteroatoms. The highest BCUT2D eigenvalue weighted by atomic mass is 19.4. The summed E-state index contributed by atoms with van der Waals surface area (Å²) in [7, 11) is -0.480. The number of hydrogen-bond donors (Lipinski definition) is 1. The topological polar surface area (TPSA) is 64.6 Å². The van der Waals surface area contributed by atoms with Crippen LogP contribution >= 0.6 is 0 Å². The summed E-state index contributed by atoms with van der Waals surface area (Å²) in [5.74, 6) is -2.29. The Bertz CT molecular complexity index is 908. The second-order valence-electron chi connectivity index (χ2n) is 9.99. The lowest BCUT2D eigenvalue weighted by Gasteiger charge is -2.32. The summed E-state index contributed by atoms with van der Waals surface area (Å²) >= 11 is 0. The Hall–Kier alpha value is -1.87. The molecule has 1 saturated carbocycles. The monoisotopic (exact) mass is 437 g/mol. The SMILES string of the molecule is CC1(C)OB(c2ccc3c(c2)CC[C@@H]3NC(=O)C2(CC(=O)C(F)(F)F)CC2)OC1(C)C. The van der Waals surface area contributed by atoms with Crippen molar-refractivity contribution < 1.29 is 32.1 Å². The van der Waals surface area contributed by atoms with Crippen LogP contribution in [-0.2, 0) is 25.3 Å². The van der Waals surface area contributed by atoms with Crippen molar-refractivity contribution in [3.63, 3.8) is 0 Å². The zero-order chi connectivity index (χ0) is 22.8. The van der Waals surface area contributed by atoms with E-state index in [2.05, 4.69) is 5.32 Å². The first-order valence-corrected chi connectivity index (χ1v) is 10.6. The van der Waals surface area contributed by atoms with Gasteiger partial charge in [0.1, 0.15) is 0 Å². The lowest BCUT2D eigenvalue weighted by molar-refractivity contribution is -0.173. The molecule has 1 saturated heterocycles. The number of aryl methyl sites for hydroxylation is 1. The van der Waals surface area contributed by atoms with Gasteiger partial charge in [0.15, 0.2) is 0 Å². The molecule has 0 unspecified atom stereocenters. The summed E-state index contributed by atoms with van der Waals surface area (Å²) in [5, 5.41) is 2.89. The number of fused-ring (bicyclic) bond motifs is 1. The maximum absolute atomic E-state index is 12.7. The lowest BCUT2D eigenvalue weighted by Crippen LogP contribution is -2.41. The zero-order valence-electron chi connectivity index (χ0n) is 18.2. The normalized spacial score (nSPS) is 25.3. The molecule has 0 radical (unpaired) electrons. The van der Waals surface area contributed by atoms with Gasteiger partial charge in [-0.25, -0.2) is 0 Å². The fraction of sp³-hybridized carbons (Fsp3) is 0.636. The highest BCUT2D eigenvalue weighted by molar-refractivity contribution is 6.62. The molecule has 1 atom stereocenters. The maximum atomic E-state index is 12.7. The number of halogens is 3. The molecule has 1 aromatic carbocycles. The Morgan fingerprint density at radius 3 is 2.29 bits per heavy atom. The third-order valence-electron chi connectivity index (χ3n) is 7.23. The molecule has 2 fully saturated rings. The molecule has 1 aromatic rings. The Balaban J connectivity index is 1.44. The van der Waals surface area contributed by atoms with Gasteiger partial charge in [0, 0.05) is 6.42 Å². The predicted octanol–water partition coefficient (Wildman–Crippen LogP) is 3.39. The fourth-order valence-corrected chi connectivity index (χ4v) is 4.27. The van der Waals surface area contributed by atoms with Crippen molar-refractivity contribution >= 4 is 24.3 Å². The van der Waals surface area contributed by atoms with Crippen LogP contribution in [0.4, 0.5) is 13.2 Å². The Morgan fingerprint density at radius 1 is 1.13 bits per heavy atom. The van der Waals surface area contributed by atoms with Gasteiger partial charge in [-0.3, -0.25) is 9.59 Å². The largest absolute Gasteiger partial charge is 0.494 e. The smallest absolute Gasteiger partial charge is 0.399 e. The van der Waals surface area contributed by atoms with Crippen LogP contribution in [0.15, 0.2) is 18.2 Å². The van der Waals surface area contributed by atoms with Crippen LogP contribution < -0.4 is 10.8 Å². The van der Waals surface area contributed by atoms with E-state index in [0.29, 0.717) is 19.3 Å². The fourth-order valence-electron chi connectivity index (χ4n) is 4.27. The summed E-state index contributed by atoms with van der Waals surface area (Å²) < 4.78 is 50.1. The average molecular weight is 437 g/mol. The van der Waals surface area contributed by atoms with Gasteiger partial charge in [-0.2, -0.15) is 13.2 Å². The van der Waals surface area contributed by atoms with Crippen LogP contribution in [0.2, 0.25) is 0 Å². The second-order valence-corrected chi connectivity index (χ2v) is 9.99. The van der Waals surface area contributed by atoms with Crippen LogP contribution in [0, 0.1) is 5.41 Å². The van der Waals surface area contributed by atoms with E-state index in [4.69, 9.17) is 9.31 Å². The number of alkyl halides is 3. The number of amides is 1. The van der Waals surface area contributed by atoms with Gasteiger partial charge in [-0.1, -0.05) is 18.2 Å². The standard InChI is InChI=1S/C22H27BF3NO4/c1-19(2)20(3,4)31-23(30-19)14-6-7-15-13(11-14)5-8-16(15)27-18(29)21(9-10-21)12-17(28)22(24,25)26/h6-7,11,16H,5,8-10,12H2,1-4H3,(H,27,29)/t16-/m0/s1. The van der Waals surface area contributed by atoms with Crippen LogP contribution in [0.1, 0.15) is 70.5 Å². The molecule has 2 aliphatic carbocycles. The summed E-state index contributed by atoms with van der Waals surface area (Å²) in [6.45, 7) is 7.96. The van der Waals surface area contributed by atoms with Crippen molar-refractivity contribution in [2.45, 2.75) is 83.2 Å². The van der Waals surface area contributed by atoms with E-state index in [0.717, 1.165) is 23.0 Å². The quantitative estimate of drug-likeness (QED) is 0.718. The molecule has 0 aromatic heterocycles. The molecule has 5 nitrogen and oxygen atoms in total. The van der Waals surface area contributed by atoms with Crippen molar-refractivity contribution in [2.24, 2.45) is 5.41 Å². The molecule has 1 amide bonds. The molecule has 1 N–H and O–H groups in total. The molecule has 1 aliphatic heterocycles. The molecule has 4 rings (SSSR count). The number of nitrogens with one attached hydrogen (secondary N) is 1. The third kappa shape index (κ3) is 4.02. The first kappa shape index (κ1) is 22.3. The first-order valence-electron chi connectivity index (χ1n) is 10.6. The molecule has 0 bridgehead atoms. The minimum Gasteiger partial charge on any atom is -0.399 e. The number of rotatable bonds is 5. The maximum Gasteiger partial charge on any atom is 0.494 e. The second kappa shape index (κ2) is 7.07. The Labute approximate surface area is 180 Å². The number of carbonyl (C=O) groups excluding carboxylic acids is 2. The van der Waals surface area contributed by atoms with Gasteiger partial charge in [0.05, 0.1) is 22.7 Å². The van der Waals surface area contributed by atoms with E-state index in [1.165, 1.54) is 0 Å². The third-order valence-corrected chi connectivity index (χ3v) is 7.23. The number of hydrogen-bond acceptors (Lipinski definition) is 4. The number of ketones is 1. The van der Waals surface area contributed by atoms with Gasteiger partial charge < -0.3 is 14.6 Å². The summed E-state index contributed by atoms with van der Waals surface area (Å²) in [6.07, 6.45) is -3.66. The van der Waals surface area contributed by atoms with Crippen LogP contribution in [0.5, 0.6) is 0 Å². The molecule has 168 valence electrons. The van der Waals surface area contributed by atoms with Crippen molar-refractivity contribution in [1.29, 1.82) is 0 Å². The molecule has 1 heterocycles. The highest BCUT2D eigenvalue weighted by Crippen LogP contribution is 2.51. The van der Waals surface area contributed by atoms with Crippen LogP contribution in [0.3, 0.4) is 0 Å². The van der Waals surface area contributed by atoms with Gasteiger partial charge in [-0.15, -0.1) is 0 Å². The number of benzene rings is 1. The molecular weight excluding hydrogens is 410 g/mol. The van der Waals surface area contributed by atoms with Gasteiger partial charge in [0.25, 0.3) is 0 Å². The molecule has 31 heavy (non-hydrogen) atoms. The molecule has 3 aliphatic rings. The van der Waals surface area contributed by atoms with Crippen molar-refractivity contribution in [3.05, 3.63) is 29.3 Å². The summed E-state index contributed by atoms with van der Waals surface area (Å²) in [5.41, 5.74) is 0.816. The zero-order valence-corrected chi connectivity index (χ0v) is 18.2. The summed E-state index contributed by atoms with van der Waals surface area (Å²) in [4.78, 5) is 24.1. The van der Waals surface area contributed by atoms with Crippen molar-refractivity contribution in [1.82, 2.24) is 5.32 Å². The minimum absolute atomic E-state index is 0.270. The Kier molecular flexibility index (Phi) is 5.09. The average Bonchev–Trinajstić information content (AvgIpc) is 3.27. The van der Waals surface area contributed by atoms with E-state index in [-0.39, 0.29) is 6.04 Å². The van der Waals surface area contributed by atoms with Crippen LogP contribution in [-0.4, -0.2) is 36.2 Å². The van der Waals surface area contributed by atoms with Crippen molar-refractivity contribution in [2.75, 3.05) is 0 Å². The Morgan fingerprint density at radius 2 is 1.74 bits per heavy atom. The number of Topliss-reactive ketones (excluding diaryl/α,β-unsaturated/α-hetero) is 1. The van der Waals surface area contributed by atoms with Gasteiger partial charge in [0.2, 0.25) is 11.7 Å². The van der Waals surface area contributed by atoms with E-state index in [1.807, 2.05) is 45.9 Å².